The van der Waals surface area contributed by atoms with Gasteiger partial charge in [0.2, 0.25) is 0 Å². The van der Waals surface area contributed by atoms with E-state index in [2.05, 4.69) is 6.07 Å². The fraction of sp³-hybridized carbons (Fsp3) is 0.214. The number of benzene rings is 3. The van der Waals surface area contributed by atoms with Crippen LogP contribution in [0.2, 0.25) is 0 Å². The molecule has 0 unspecified atom stereocenters. The number of ether oxygens (including phenoxy) is 2. The van der Waals surface area contributed by atoms with Crippen molar-refractivity contribution in [3.05, 3.63) is 83.6 Å². The Hall–Kier alpha value is -4.18. The number of fused-ring (bicyclic) bond motifs is 1. The molecule has 3 aromatic carbocycles. The molecule has 0 saturated heterocycles. The highest BCUT2D eigenvalue weighted by Crippen LogP contribution is 2.47. The smallest absolute Gasteiger partial charge is 0.337 e. The predicted molar refractivity (Wildman–Crippen MR) is 130 cm³/mol. The molecule has 7 heteroatoms. The summed E-state index contributed by atoms with van der Waals surface area (Å²) in [4.78, 5) is 12.0. The van der Waals surface area contributed by atoms with E-state index in [0.717, 1.165) is 16.8 Å². The summed E-state index contributed by atoms with van der Waals surface area (Å²) in [5.41, 5.74) is 3.03. The topological polar surface area (TPSA) is 64.2 Å². The first-order valence-corrected chi connectivity index (χ1v) is 11.0. The molecule has 1 aromatic heterocycles. The zero-order valence-corrected chi connectivity index (χ0v) is 19.9. The first kappa shape index (κ1) is 24.0. The Bertz CT molecular complexity index is 1450. The molecule has 0 bridgehead atoms. The van der Waals surface area contributed by atoms with Crippen LogP contribution in [-0.4, -0.2) is 24.8 Å². The van der Waals surface area contributed by atoms with Crippen molar-refractivity contribution in [3.8, 4) is 28.6 Å². The van der Waals surface area contributed by atoms with E-state index in [0.29, 0.717) is 27.9 Å². The lowest BCUT2D eigenvalue weighted by Gasteiger charge is -2.26. The lowest BCUT2D eigenvalue weighted by atomic mass is 9.81. The van der Waals surface area contributed by atoms with Crippen molar-refractivity contribution < 1.29 is 23.0 Å². The second-order valence-electron chi connectivity index (χ2n) is 8.83. The molecule has 0 aliphatic heterocycles. The molecular formula is C28H24F2N2O3. The summed E-state index contributed by atoms with van der Waals surface area (Å²) in [6.45, 7) is 3.86. The van der Waals surface area contributed by atoms with Gasteiger partial charge in [-0.1, -0.05) is 26.0 Å². The zero-order valence-electron chi connectivity index (χ0n) is 19.9. The standard InChI is InChI=1S/C28H24F2N2O3/c1-28(2,13-14-31)26-24(17-5-7-18(8-6-17)27(33)35-4)25-22(15-20(30)16-23(25)34-3)32(26)21-11-9-19(29)10-12-21/h5-12,15-16H,13H2,1-4H3. The van der Waals surface area contributed by atoms with Crippen LogP contribution in [0.5, 0.6) is 5.75 Å². The Labute approximate surface area is 202 Å². The first-order valence-electron chi connectivity index (χ1n) is 11.0. The number of rotatable bonds is 6. The monoisotopic (exact) mass is 474 g/mol. The number of carbonyl (C=O) groups excluding carboxylic acids is 1. The van der Waals surface area contributed by atoms with Gasteiger partial charge in [0.25, 0.3) is 0 Å². The third-order valence-corrected chi connectivity index (χ3v) is 6.06. The quantitative estimate of drug-likeness (QED) is 0.297. The number of aromatic nitrogens is 1. The summed E-state index contributed by atoms with van der Waals surface area (Å²) in [7, 11) is 2.78. The van der Waals surface area contributed by atoms with Crippen molar-refractivity contribution in [2.24, 2.45) is 0 Å². The average Bonchev–Trinajstić information content (AvgIpc) is 3.19. The van der Waals surface area contributed by atoms with Crippen LogP contribution in [-0.2, 0) is 10.2 Å². The van der Waals surface area contributed by atoms with Gasteiger partial charge in [0.15, 0.2) is 0 Å². The maximum atomic E-state index is 14.8. The minimum Gasteiger partial charge on any atom is -0.496 e. The van der Waals surface area contributed by atoms with E-state index in [1.165, 1.54) is 38.5 Å². The summed E-state index contributed by atoms with van der Waals surface area (Å²) in [5.74, 6) is -1.03. The summed E-state index contributed by atoms with van der Waals surface area (Å²) < 4.78 is 40.8. The number of nitriles is 1. The SMILES string of the molecule is COC(=O)c1ccc(-c2c(C(C)(C)CC#N)n(-c3ccc(F)cc3)c3cc(F)cc(OC)c23)cc1. The van der Waals surface area contributed by atoms with Crippen molar-refractivity contribution in [1.82, 2.24) is 4.57 Å². The van der Waals surface area contributed by atoms with E-state index < -0.39 is 23.0 Å². The fourth-order valence-electron chi connectivity index (χ4n) is 4.46. The van der Waals surface area contributed by atoms with Gasteiger partial charge in [-0.3, -0.25) is 0 Å². The van der Waals surface area contributed by atoms with Gasteiger partial charge < -0.3 is 14.0 Å². The summed E-state index contributed by atoms with van der Waals surface area (Å²) in [5, 5.41) is 10.3. The van der Waals surface area contributed by atoms with Gasteiger partial charge in [0.05, 0.1) is 36.8 Å². The average molecular weight is 475 g/mol. The van der Waals surface area contributed by atoms with Crippen LogP contribution in [0.3, 0.4) is 0 Å². The summed E-state index contributed by atoms with van der Waals surface area (Å²) in [6.07, 6.45) is 0.169. The molecular weight excluding hydrogens is 450 g/mol. The lowest BCUT2D eigenvalue weighted by molar-refractivity contribution is 0.0600. The van der Waals surface area contributed by atoms with E-state index in [-0.39, 0.29) is 6.42 Å². The Morgan fingerprint density at radius 1 is 1.00 bits per heavy atom. The molecule has 0 amide bonds. The molecule has 0 aliphatic rings. The third kappa shape index (κ3) is 4.24. The Balaban J connectivity index is 2.18. The van der Waals surface area contributed by atoms with Crippen molar-refractivity contribution in [1.29, 1.82) is 5.26 Å². The summed E-state index contributed by atoms with van der Waals surface area (Å²) in [6, 6.07) is 17.7. The highest BCUT2D eigenvalue weighted by atomic mass is 19.1. The van der Waals surface area contributed by atoms with Crippen LogP contribution in [0, 0.1) is 23.0 Å². The molecule has 0 atom stereocenters. The van der Waals surface area contributed by atoms with Crippen molar-refractivity contribution in [3.63, 3.8) is 0 Å². The fourth-order valence-corrected chi connectivity index (χ4v) is 4.46. The Morgan fingerprint density at radius 3 is 2.23 bits per heavy atom. The molecule has 0 N–H and O–H groups in total. The maximum Gasteiger partial charge on any atom is 0.337 e. The van der Waals surface area contributed by atoms with Crippen LogP contribution < -0.4 is 4.74 Å². The lowest BCUT2D eigenvalue weighted by Crippen LogP contribution is -2.21. The Kier molecular flexibility index (Phi) is 6.31. The highest BCUT2D eigenvalue weighted by Gasteiger charge is 2.33. The molecule has 4 aromatic rings. The second kappa shape index (κ2) is 9.22. The molecule has 0 fully saturated rings. The van der Waals surface area contributed by atoms with Gasteiger partial charge in [0.1, 0.15) is 17.4 Å². The number of esters is 1. The van der Waals surface area contributed by atoms with Crippen LogP contribution in [0.4, 0.5) is 8.78 Å². The second-order valence-corrected chi connectivity index (χ2v) is 8.83. The molecule has 4 rings (SSSR count). The van der Waals surface area contributed by atoms with Gasteiger partial charge >= 0.3 is 5.97 Å². The number of carbonyl (C=O) groups is 1. The molecule has 0 aliphatic carbocycles. The van der Waals surface area contributed by atoms with E-state index in [1.807, 2.05) is 18.4 Å². The van der Waals surface area contributed by atoms with Gasteiger partial charge in [0, 0.05) is 34.8 Å². The van der Waals surface area contributed by atoms with Gasteiger partial charge in [-0.05, 0) is 48.0 Å². The van der Waals surface area contributed by atoms with E-state index in [9.17, 15) is 18.8 Å². The van der Waals surface area contributed by atoms with Gasteiger partial charge in [-0.25, -0.2) is 13.6 Å². The number of nitrogens with zero attached hydrogens (tertiary/aromatic N) is 2. The Morgan fingerprint density at radius 2 is 1.66 bits per heavy atom. The first-order chi connectivity index (χ1) is 16.7. The number of methoxy groups -OCH3 is 2. The molecule has 0 spiro atoms. The van der Waals surface area contributed by atoms with Crippen LogP contribution in [0.25, 0.3) is 27.7 Å². The highest BCUT2D eigenvalue weighted by molar-refractivity contribution is 6.04. The van der Waals surface area contributed by atoms with E-state index in [1.54, 1.807) is 36.4 Å². The third-order valence-electron chi connectivity index (χ3n) is 6.06. The molecule has 0 radical (unpaired) electrons. The molecule has 1 heterocycles. The van der Waals surface area contributed by atoms with Crippen LogP contribution in [0.15, 0.2) is 60.7 Å². The largest absolute Gasteiger partial charge is 0.496 e. The zero-order chi connectivity index (χ0) is 25.3. The molecule has 35 heavy (non-hydrogen) atoms. The van der Waals surface area contributed by atoms with Gasteiger partial charge in [-0.2, -0.15) is 5.26 Å². The predicted octanol–water partition coefficient (Wildman–Crippen LogP) is 6.56. The number of halogens is 2. The van der Waals surface area contributed by atoms with Crippen molar-refractivity contribution in [2.75, 3.05) is 14.2 Å². The minimum absolute atomic E-state index is 0.169. The molecule has 0 saturated carbocycles. The molecule has 5 nitrogen and oxygen atoms in total. The normalized spacial score (nSPS) is 11.3. The van der Waals surface area contributed by atoms with Crippen LogP contribution >= 0.6 is 0 Å². The molecule has 178 valence electrons. The van der Waals surface area contributed by atoms with E-state index >= 15 is 0 Å². The maximum absolute atomic E-state index is 14.8. The van der Waals surface area contributed by atoms with Gasteiger partial charge in [-0.15, -0.1) is 0 Å². The van der Waals surface area contributed by atoms with E-state index in [4.69, 9.17) is 9.47 Å². The number of hydrogen-bond donors (Lipinski definition) is 0. The van der Waals surface area contributed by atoms with Crippen molar-refractivity contribution in [2.45, 2.75) is 25.7 Å². The van der Waals surface area contributed by atoms with Crippen LogP contribution in [0.1, 0.15) is 36.3 Å². The summed E-state index contributed by atoms with van der Waals surface area (Å²) >= 11 is 0. The minimum atomic E-state index is -0.694. The number of hydrogen-bond acceptors (Lipinski definition) is 4. The van der Waals surface area contributed by atoms with Crippen molar-refractivity contribution >= 4 is 16.9 Å².